The zero-order valence-corrected chi connectivity index (χ0v) is 9.52. The third-order valence-electron chi connectivity index (χ3n) is 2.85. The lowest BCUT2D eigenvalue weighted by Crippen LogP contribution is -2.16. The van der Waals surface area contributed by atoms with Crippen molar-refractivity contribution >= 4 is 16.9 Å². The number of aromatic nitrogens is 1. The summed E-state index contributed by atoms with van der Waals surface area (Å²) in [4.78, 5) is 25.6. The summed E-state index contributed by atoms with van der Waals surface area (Å²) in [6.45, 7) is 1.01. The molecule has 0 bridgehead atoms. The Labute approximate surface area is 101 Å². The number of aromatic amines is 1. The number of H-pyrrole nitrogens is 1. The van der Waals surface area contributed by atoms with Gasteiger partial charge in [0.05, 0.1) is 17.5 Å². The molecule has 0 unspecified atom stereocenters. The number of aliphatic hydroxyl groups excluding tert-OH is 1. The highest BCUT2D eigenvalue weighted by molar-refractivity contribution is 5.94. The molecule has 0 aliphatic heterocycles. The fourth-order valence-corrected chi connectivity index (χ4v) is 1.89. The van der Waals surface area contributed by atoms with E-state index in [4.69, 9.17) is 10.2 Å². The van der Waals surface area contributed by atoms with Crippen LogP contribution in [0.4, 0.5) is 0 Å². The summed E-state index contributed by atoms with van der Waals surface area (Å²) >= 11 is 0. The lowest BCUT2D eigenvalue weighted by atomic mass is 10.0. The number of rotatable bonds is 2. The molecule has 18 heavy (non-hydrogen) atoms. The topological polar surface area (TPSA) is 111 Å². The number of hydrogen-bond donors (Lipinski definition) is 4. The van der Waals surface area contributed by atoms with Crippen molar-refractivity contribution in [2.75, 3.05) is 0 Å². The van der Waals surface area contributed by atoms with Crippen molar-refractivity contribution in [3.05, 3.63) is 39.2 Å². The van der Waals surface area contributed by atoms with Crippen molar-refractivity contribution in [3.8, 4) is 5.75 Å². The number of carbonyl (C=O) groups is 1. The van der Waals surface area contributed by atoms with Crippen LogP contribution in [0.5, 0.6) is 5.75 Å². The van der Waals surface area contributed by atoms with Gasteiger partial charge in [-0.1, -0.05) is 6.07 Å². The van der Waals surface area contributed by atoms with Gasteiger partial charge >= 0.3 is 5.97 Å². The minimum Gasteiger partial charge on any atom is -0.506 e. The van der Waals surface area contributed by atoms with Gasteiger partial charge in [-0.15, -0.1) is 0 Å². The average Bonchev–Trinajstić information content (AvgIpc) is 2.34. The zero-order chi connectivity index (χ0) is 13.4. The van der Waals surface area contributed by atoms with Crippen molar-refractivity contribution in [1.82, 2.24) is 4.98 Å². The number of aromatic hydroxyl groups is 1. The number of carboxylic acid groups (broad SMARTS) is 1. The van der Waals surface area contributed by atoms with Crippen LogP contribution in [0, 0.1) is 6.92 Å². The van der Waals surface area contributed by atoms with Crippen molar-refractivity contribution in [1.29, 1.82) is 0 Å². The fourth-order valence-electron chi connectivity index (χ4n) is 1.89. The van der Waals surface area contributed by atoms with Crippen LogP contribution in [0.1, 0.15) is 21.6 Å². The van der Waals surface area contributed by atoms with Crippen LogP contribution in [0.25, 0.3) is 10.9 Å². The number of aliphatic hydroxyl groups is 1. The molecule has 1 aromatic heterocycles. The Balaban J connectivity index is 3.03. The summed E-state index contributed by atoms with van der Waals surface area (Å²) in [6.07, 6.45) is 0. The number of nitrogens with one attached hydrogen (secondary N) is 1. The van der Waals surface area contributed by atoms with Crippen LogP contribution in [0.15, 0.2) is 16.9 Å². The molecule has 94 valence electrons. The molecule has 0 aliphatic rings. The van der Waals surface area contributed by atoms with Gasteiger partial charge in [-0.05, 0) is 18.6 Å². The van der Waals surface area contributed by atoms with Gasteiger partial charge in [0.2, 0.25) is 0 Å². The molecule has 1 heterocycles. The maximum atomic E-state index is 12.1. The maximum Gasteiger partial charge on any atom is 0.352 e. The van der Waals surface area contributed by atoms with Crippen LogP contribution in [0.3, 0.4) is 0 Å². The number of phenols is 1. The Bertz CT molecular complexity index is 702. The quantitative estimate of drug-likeness (QED) is 0.627. The molecule has 0 fully saturated rings. The van der Waals surface area contributed by atoms with Gasteiger partial charge in [-0.2, -0.15) is 0 Å². The Kier molecular flexibility index (Phi) is 2.80. The Morgan fingerprint density at radius 1 is 1.39 bits per heavy atom. The average molecular weight is 249 g/mol. The first-order valence-electron chi connectivity index (χ1n) is 5.19. The van der Waals surface area contributed by atoms with Crippen LogP contribution in [0.2, 0.25) is 0 Å². The molecule has 4 N–H and O–H groups in total. The first-order chi connectivity index (χ1) is 8.47. The Morgan fingerprint density at radius 3 is 2.61 bits per heavy atom. The Hall–Kier alpha value is -2.34. The molecular weight excluding hydrogens is 238 g/mol. The molecule has 0 radical (unpaired) electrons. The Morgan fingerprint density at radius 2 is 2.06 bits per heavy atom. The summed E-state index contributed by atoms with van der Waals surface area (Å²) < 4.78 is 0. The highest BCUT2D eigenvalue weighted by atomic mass is 16.4. The second kappa shape index (κ2) is 4.15. The molecule has 0 saturated heterocycles. The molecular formula is C12H11NO5. The van der Waals surface area contributed by atoms with Gasteiger partial charge < -0.3 is 20.3 Å². The number of carboxylic acids is 1. The van der Waals surface area contributed by atoms with E-state index >= 15 is 0 Å². The standard InChI is InChI=1S/C12H11NO5/c1-5-9(12(17)18)13-10-7(15)3-2-6(4-14)8(10)11(5)16/h2-3,14-15H,4H2,1H3,(H,13,16)(H,17,18). The molecule has 2 aromatic rings. The van der Waals surface area contributed by atoms with Gasteiger partial charge in [-0.3, -0.25) is 4.79 Å². The minimum atomic E-state index is -1.28. The zero-order valence-electron chi connectivity index (χ0n) is 9.52. The lowest BCUT2D eigenvalue weighted by molar-refractivity contribution is 0.0690. The van der Waals surface area contributed by atoms with E-state index in [0.29, 0.717) is 5.56 Å². The normalized spacial score (nSPS) is 10.8. The summed E-state index contributed by atoms with van der Waals surface area (Å²) in [5.74, 6) is -1.51. The molecule has 0 amide bonds. The van der Waals surface area contributed by atoms with E-state index in [1.54, 1.807) is 0 Å². The van der Waals surface area contributed by atoms with Gasteiger partial charge in [0.15, 0.2) is 5.43 Å². The van der Waals surface area contributed by atoms with Crippen LogP contribution < -0.4 is 5.43 Å². The van der Waals surface area contributed by atoms with Crippen molar-refractivity contribution in [2.45, 2.75) is 13.5 Å². The van der Waals surface area contributed by atoms with E-state index in [-0.39, 0.29) is 34.5 Å². The maximum absolute atomic E-state index is 12.1. The lowest BCUT2D eigenvalue weighted by Gasteiger charge is -2.09. The molecule has 2 rings (SSSR count). The molecule has 0 aliphatic carbocycles. The number of pyridine rings is 1. The first-order valence-corrected chi connectivity index (χ1v) is 5.19. The van der Waals surface area contributed by atoms with E-state index < -0.39 is 11.4 Å². The predicted octanol–water partition coefficient (Wildman–Crippen LogP) is 0.733. The van der Waals surface area contributed by atoms with Gasteiger partial charge in [0.1, 0.15) is 11.4 Å². The molecule has 6 nitrogen and oxygen atoms in total. The van der Waals surface area contributed by atoms with E-state index in [9.17, 15) is 14.7 Å². The molecule has 0 spiro atoms. The van der Waals surface area contributed by atoms with E-state index in [1.807, 2.05) is 0 Å². The highest BCUT2D eigenvalue weighted by Crippen LogP contribution is 2.24. The van der Waals surface area contributed by atoms with Crippen molar-refractivity contribution in [3.63, 3.8) is 0 Å². The molecule has 0 saturated carbocycles. The molecule has 1 aromatic carbocycles. The van der Waals surface area contributed by atoms with Crippen molar-refractivity contribution in [2.24, 2.45) is 0 Å². The number of fused-ring (bicyclic) bond motifs is 1. The van der Waals surface area contributed by atoms with Crippen molar-refractivity contribution < 1.29 is 20.1 Å². The monoisotopic (exact) mass is 249 g/mol. The first kappa shape index (κ1) is 12.1. The highest BCUT2D eigenvalue weighted by Gasteiger charge is 2.17. The third-order valence-corrected chi connectivity index (χ3v) is 2.85. The summed E-state index contributed by atoms with van der Waals surface area (Å²) in [6, 6.07) is 2.72. The minimum absolute atomic E-state index is 0.0227. The third kappa shape index (κ3) is 1.63. The second-order valence-electron chi connectivity index (χ2n) is 3.91. The van der Waals surface area contributed by atoms with Gasteiger partial charge in [0.25, 0.3) is 0 Å². The summed E-state index contributed by atoms with van der Waals surface area (Å²) in [5, 5.41) is 27.9. The van der Waals surface area contributed by atoms with Gasteiger partial charge in [0, 0.05) is 5.56 Å². The van der Waals surface area contributed by atoms with E-state index in [2.05, 4.69) is 4.98 Å². The van der Waals surface area contributed by atoms with E-state index in [0.717, 1.165) is 0 Å². The summed E-state index contributed by atoms with van der Waals surface area (Å²) in [5.41, 5.74) is -0.382. The van der Waals surface area contributed by atoms with Gasteiger partial charge in [-0.25, -0.2) is 4.79 Å². The largest absolute Gasteiger partial charge is 0.506 e. The number of aromatic carboxylic acids is 1. The van der Waals surface area contributed by atoms with Crippen LogP contribution in [-0.4, -0.2) is 26.3 Å². The number of phenolic OH excluding ortho intramolecular Hbond substituents is 1. The number of benzene rings is 1. The second-order valence-corrected chi connectivity index (χ2v) is 3.91. The predicted molar refractivity (Wildman–Crippen MR) is 63.9 cm³/mol. The van der Waals surface area contributed by atoms with E-state index in [1.165, 1.54) is 19.1 Å². The van der Waals surface area contributed by atoms with Crippen LogP contribution in [-0.2, 0) is 6.61 Å². The fraction of sp³-hybridized carbons (Fsp3) is 0.167. The molecule has 0 atom stereocenters. The molecule has 6 heteroatoms. The smallest absolute Gasteiger partial charge is 0.352 e. The summed E-state index contributed by atoms with van der Waals surface area (Å²) in [7, 11) is 0. The number of hydrogen-bond acceptors (Lipinski definition) is 4. The van der Waals surface area contributed by atoms with Crippen LogP contribution >= 0.6 is 0 Å². The SMILES string of the molecule is Cc1c(C(=O)O)[nH]c2c(O)ccc(CO)c2c1=O.